The van der Waals surface area contributed by atoms with Gasteiger partial charge in [-0.05, 0) is 36.8 Å². The third kappa shape index (κ3) is 2.76. The highest BCUT2D eigenvalue weighted by Gasteiger charge is 2.31. The number of likely N-dealkylation sites (tertiary alicyclic amines) is 1. The lowest BCUT2D eigenvalue weighted by Crippen LogP contribution is -2.51. The second-order valence-electron chi connectivity index (χ2n) is 6.23. The molecule has 0 unspecified atom stereocenters. The Balaban J connectivity index is 1.60. The number of H-pyrrole nitrogens is 1. The average molecular weight is 334 g/mol. The van der Waals surface area contributed by atoms with Crippen molar-refractivity contribution in [1.82, 2.24) is 20.1 Å². The van der Waals surface area contributed by atoms with Gasteiger partial charge in [-0.15, -0.1) is 10.2 Å². The molecule has 1 atom stereocenters. The van der Waals surface area contributed by atoms with Crippen LogP contribution >= 0.6 is 0 Å². The molecular formula is C19H18N4O2. The number of hydrogen-bond donors (Lipinski definition) is 2. The molecule has 1 aromatic carbocycles. The van der Waals surface area contributed by atoms with Gasteiger partial charge in [0.25, 0.3) is 0 Å². The minimum atomic E-state index is -0.0195. The summed E-state index contributed by atoms with van der Waals surface area (Å²) in [6, 6.07) is 11.2. The molecule has 1 aliphatic heterocycles. The number of aromatic nitrogens is 3. The van der Waals surface area contributed by atoms with Gasteiger partial charge in [0.2, 0.25) is 5.91 Å². The molecule has 25 heavy (non-hydrogen) atoms. The Labute approximate surface area is 144 Å². The molecule has 0 radical (unpaired) electrons. The third-order valence-corrected chi connectivity index (χ3v) is 4.67. The van der Waals surface area contributed by atoms with E-state index in [0.29, 0.717) is 16.9 Å². The van der Waals surface area contributed by atoms with E-state index in [1.54, 1.807) is 12.1 Å². The molecule has 0 aliphatic carbocycles. The number of nitrogens with zero attached hydrogens (tertiary/aromatic N) is 3. The Morgan fingerprint density at radius 1 is 1.36 bits per heavy atom. The zero-order valence-corrected chi connectivity index (χ0v) is 13.6. The van der Waals surface area contributed by atoms with E-state index >= 15 is 0 Å². The van der Waals surface area contributed by atoms with E-state index in [0.717, 1.165) is 30.5 Å². The molecule has 0 bridgehead atoms. The number of aromatic amines is 1. The summed E-state index contributed by atoms with van der Waals surface area (Å²) in [5.74, 6) is 0.161. The van der Waals surface area contributed by atoms with Crippen LogP contribution in [-0.4, -0.2) is 43.7 Å². The molecule has 1 aliphatic rings. The maximum absolute atomic E-state index is 11.8. The fraction of sp³-hybridized carbons (Fsp3) is 0.211. The largest absolute Gasteiger partial charge is 0.507 e. The lowest BCUT2D eigenvalue weighted by atomic mass is 9.97. The van der Waals surface area contributed by atoms with Crippen molar-refractivity contribution in [3.05, 3.63) is 54.7 Å². The fourth-order valence-corrected chi connectivity index (χ4v) is 3.24. The Hall–Kier alpha value is -3.15. The Morgan fingerprint density at radius 3 is 2.92 bits per heavy atom. The van der Waals surface area contributed by atoms with Gasteiger partial charge in [0.1, 0.15) is 5.75 Å². The minimum Gasteiger partial charge on any atom is -0.507 e. The van der Waals surface area contributed by atoms with E-state index in [1.807, 2.05) is 29.2 Å². The van der Waals surface area contributed by atoms with Crippen molar-refractivity contribution in [2.45, 2.75) is 18.9 Å². The molecule has 1 fully saturated rings. The van der Waals surface area contributed by atoms with Crippen molar-refractivity contribution >= 4 is 16.9 Å². The second-order valence-corrected chi connectivity index (χ2v) is 6.23. The van der Waals surface area contributed by atoms with Crippen molar-refractivity contribution in [3.8, 4) is 17.0 Å². The maximum Gasteiger partial charge on any atom is 0.246 e. The number of nitrogens with one attached hydrogen (secondary N) is 1. The number of benzene rings is 1. The van der Waals surface area contributed by atoms with Crippen molar-refractivity contribution in [2.24, 2.45) is 0 Å². The van der Waals surface area contributed by atoms with Crippen molar-refractivity contribution in [2.75, 3.05) is 6.54 Å². The Morgan fingerprint density at radius 2 is 2.20 bits per heavy atom. The van der Waals surface area contributed by atoms with E-state index in [4.69, 9.17) is 0 Å². The first-order valence-corrected chi connectivity index (χ1v) is 8.22. The van der Waals surface area contributed by atoms with Gasteiger partial charge in [-0.25, -0.2) is 0 Å². The van der Waals surface area contributed by atoms with Crippen molar-refractivity contribution in [1.29, 1.82) is 0 Å². The summed E-state index contributed by atoms with van der Waals surface area (Å²) >= 11 is 0. The molecule has 4 rings (SSSR count). The number of amides is 1. The quantitative estimate of drug-likeness (QED) is 0.719. The first-order chi connectivity index (χ1) is 12.2. The van der Waals surface area contributed by atoms with Crippen LogP contribution in [0.3, 0.4) is 0 Å². The van der Waals surface area contributed by atoms with E-state index < -0.39 is 0 Å². The number of para-hydroxylation sites is 1. The van der Waals surface area contributed by atoms with Crippen LogP contribution in [0, 0.1) is 0 Å². The second kappa shape index (κ2) is 6.05. The van der Waals surface area contributed by atoms with Crippen LogP contribution in [0.15, 0.2) is 49.1 Å². The van der Waals surface area contributed by atoms with Crippen LogP contribution in [0.2, 0.25) is 0 Å². The molecule has 1 saturated heterocycles. The maximum atomic E-state index is 11.8. The zero-order valence-electron chi connectivity index (χ0n) is 13.6. The summed E-state index contributed by atoms with van der Waals surface area (Å²) in [6.07, 6.45) is 3.10. The highest BCUT2D eigenvalue weighted by Crippen LogP contribution is 2.29. The molecular weight excluding hydrogens is 316 g/mol. The van der Waals surface area contributed by atoms with Crippen LogP contribution in [0.25, 0.3) is 22.3 Å². The summed E-state index contributed by atoms with van der Waals surface area (Å²) in [5.41, 5.74) is 3.00. The Bertz CT molecular complexity index is 963. The Kier molecular flexibility index (Phi) is 3.72. The van der Waals surface area contributed by atoms with Gasteiger partial charge >= 0.3 is 0 Å². The predicted molar refractivity (Wildman–Crippen MR) is 95.0 cm³/mol. The summed E-state index contributed by atoms with van der Waals surface area (Å²) in [4.78, 5) is 16.8. The first kappa shape index (κ1) is 15.4. The van der Waals surface area contributed by atoms with Crippen LogP contribution in [0.5, 0.6) is 5.75 Å². The number of rotatable bonds is 4. The molecule has 1 amide bonds. The van der Waals surface area contributed by atoms with Crippen LogP contribution < -0.4 is 0 Å². The van der Waals surface area contributed by atoms with Gasteiger partial charge in [-0.1, -0.05) is 18.7 Å². The predicted octanol–water partition coefficient (Wildman–Crippen LogP) is 2.66. The SMILES string of the molecule is C=CC(=O)N1CC[C@H]1Cc1cc2cc(-c3ccccc3O)nnc2[nH]1. The van der Waals surface area contributed by atoms with Gasteiger partial charge < -0.3 is 15.0 Å². The molecule has 2 N–H and O–H groups in total. The zero-order chi connectivity index (χ0) is 17.4. The van der Waals surface area contributed by atoms with Crippen LogP contribution in [-0.2, 0) is 11.2 Å². The number of carbonyl (C=O) groups excluding carboxylic acids is 1. The molecule has 6 heteroatoms. The summed E-state index contributed by atoms with van der Waals surface area (Å²) in [5, 5.41) is 19.3. The van der Waals surface area contributed by atoms with Crippen LogP contribution in [0.4, 0.5) is 0 Å². The number of hydrogen-bond acceptors (Lipinski definition) is 4. The highest BCUT2D eigenvalue weighted by molar-refractivity contribution is 5.88. The number of aromatic hydroxyl groups is 1. The number of phenolic OH excluding ortho intramolecular Hbond substituents is 1. The van der Waals surface area contributed by atoms with E-state index in [9.17, 15) is 9.90 Å². The summed E-state index contributed by atoms with van der Waals surface area (Å²) in [7, 11) is 0. The number of phenols is 1. The minimum absolute atomic E-state index is 0.0195. The van der Waals surface area contributed by atoms with Crippen molar-refractivity contribution in [3.63, 3.8) is 0 Å². The van der Waals surface area contributed by atoms with E-state index in [-0.39, 0.29) is 17.7 Å². The molecule has 3 heterocycles. The topological polar surface area (TPSA) is 82.1 Å². The average Bonchev–Trinajstić information content (AvgIpc) is 3.00. The molecule has 0 saturated carbocycles. The van der Waals surface area contributed by atoms with Gasteiger partial charge in [0.15, 0.2) is 5.65 Å². The number of fused-ring (bicyclic) bond motifs is 1. The summed E-state index contributed by atoms with van der Waals surface area (Å²) in [6.45, 7) is 4.33. The standard InChI is InChI=1S/C19H18N4O2/c1-2-18(25)23-8-7-14(23)11-13-9-12-10-16(21-22-19(12)20-13)15-5-3-4-6-17(15)24/h2-6,9-10,14,24H,1,7-8,11H2,(H,20,22)/t14-/m0/s1. The molecule has 6 nitrogen and oxygen atoms in total. The normalized spacial score (nSPS) is 16.6. The third-order valence-electron chi connectivity index (χ3n) is 4.67. The lowest BCUT2D eigenvalue weighted by molar-refractivity contribution is -0.133. The summed E-state index contributed by atoms with van der Waals surface area (Å²) < 4.78 is 0. The molecule has 0 spiro atoms. The van der Waals surface area contributed by atoms with Crippen molar-refractivity contribution < 1.29 is 9.90 Å². The molecule has 3 aromatic rings. The van der Waals surface area contributed by atoms with E-state index in [1.165, 1.54) is 6.08 Å². The van der Waals surface area contributed by atoms with Crippen LogP contribution in [0.1, 0.15) is 12.1 Å². The van der Waals surface area contributed by atoms with Gasteiger partial charge in [-0.3, -0.25) is 4.79 Å². The number of carbonyl (C=O) groups is 1. The monoisotopic (exact) mass is 334 g/mol. The highest BCUT2D eigenvalue weighted by atomic mass is 16.3. The van der Waals surface area contributed by atoms with Gasteiger partial charge in [0, 0.05) is 35.7 Å². The molecule has 126 valence electrons. The molecule has 2 aromatic heterocycles. The van der Waals surface area contributed by atoms with Gasteiger partial charge in [-0.2, -0.15) is 0 Å². The fourth-order valence-electron chi connectivity index (χ4n) is 3.24. The smallest absolute Gasteiger partial charge is 0.246 e. The first-order valence-electron chi connectivity index (χ1n) is 8.22. The lowest BCUT2D eigenvalue weighted by Gasteiger charge is -2.40. The van der Waals surface area contributed by atoms with E-state index in [2.05, 4.69) is 21.8 Å². The van der Waals surface area contributed by atoms with Gasteiger partial charge in [0.05, 0.1) is 5.69 Å².